The zero-order valence-electron chi connectivity index (χ0n) is 10.4. The van der Waals surface area contributed by atoms with Gasteiger partial charge in [0.05, 0.1) is 0 Å². The molecule has 2 rings (SSSR count). The largest absolute Gasteiger partial charge is 0.306 e. The van der Waals surface area contributed by atoms with Gasteiger partial charge in [0, 0.05) is 12.6 Å². The van der Waals surface area contributed by atoms with Crippen molar-refractivity contribution >= 4 is 0 Å². The highest BCUT2D eigenvalue weighted by Gasteiger charge is 2.20. The molecule has 0 unspecified atom stereocenters. The molecule has 1 aliphatic heterocycles. The average Bonchev–Trinajstić information content (AvgIpc) is 2.31. The molecule has 0 amide bonds. The Bertz CT molecular complexity index is 300. The summed E-state index contributed by atoms with van der Waals surface area (Å²) in [6.07, 6.45) is 2.61. The van der Waals surface area contributed by atoms with E-state index in [-0.39, 0.29) is 0 Å². The van der Waals surface area contributed by atoms with Crippen molar-refractivity contribution in [3.05, 3.63) is 35.9 Å². The number of nitrogens with zero attached hydrogens (tertiary/aromatic N) is 2. The van der Waals surface area contributed by atoms with Gasteiger partial charge in [-0.3, -0.25) is 4.90 Å². The molecule has 0 radical (unpaired) electrons. The Labute approximate surface area is 98.9 Å². The lowest BCUT2D eigenvalue weighted by Crippen LogP contribution is -2.41. The number of likely N-dealkylation sites (tertiary alicyclic amines) is 1. The molecule has 0 bridgehead atoms. The van der Waals surface area contributed by atoms with E-state index in [2.05, 4.69) is 54.2 Å². The van der Waals surface area contributed by atoms with Gasteiger partial charge in [-0.25, -0.2) is 0 Å². The third-order valence-electron chi connectivity index (χ3n) is 3.54. The van der Waals surface area contributed by atoms with Crippen molar-refractivity contribution in [3.63, 3.8) is 0 Å². The summed E-state index contributed by atoms with van der Waals surface area (Å²) >= 11 is 0. The van der Waals surface area contributed by atoms with Crippen LogP contribution in [0, 0.1) is 0 Å². The van der Waals surface area contributed by atoms with Crippen LogP contribution in [0.4, 0.5) is 0 Å². The van der Waals surface area contributed by atoms with E-state index in [9.17, 15) is 0 Å². The highest BCUT2D eigenvalue weighted by Crippen LogP contribution is 2.16. The minimum absolute atomic E-state index is 0.784. The number of hydrogen-bond acceptors (Lipinski definition) is 2. The Balaban J connectivity index is 1.82. The molecule has 0 aliphatic carbocycles. The van der Waals surface area contributed by atoms with E-state index in [1.165, 1.54) is 31.5 Å². The zero-order valence-corrected chi connectivity index (χ0v) is 10.4. The third-order valence-corrected chi connectivity index (χ3v) is 3.54. The molecule has 1 aliphatic rings. The molecule has 1 aromatic carbocycles. The van der Waals surface area contributed by atoms with Crippen LogP contribution in [0.2, 0.25) is 0 Å². The van der Waals surface area contributed by atoms with E-state index in [1.807, 2.05) is 0 Å². The molecular formula is C14H22N2. The van der Waals surface area contributed by atoms with Gasteiger partial charge < -0.3 is 4.90 Å². The van der Waals surface area contributed by atoms with Crippen LogP contribution in [0.15, 0.2) is 30.3 Å². The van der Waals surface area contributed by atoms with Crippen molar-refractivity contribution in [2.24, 2.45) is 0 Å². The van der Waals surface area contributed by atoms with E-state index in [1.54, 1.807) is 0 Å². The van der Waals surface area contributed by atoms with Crippen molar-refractivity contribution in [1.29, 1.82) is 0 Å². The molecule has 1 fully saturated rings. The summed E-state index contributed by atoms with van der Waals surface area (Å²) in [7, 11) is 4.38. The molecule has 1 aromatic rings. The van der Waals surface area contributed by atoms with Crippen LogP contribution in [0.25, 0.3) is 0 Å². The summed E-state index contributed by atoms with van der Waals surface area (Å²) in [4.78, 5) is 4.93. The standard InChI is InChI=1S/C14H22N2/c1-15(2)14-8-10-16(11-9-14)12-13-6-4-3-5-7-13/h3-7,14H,8-12H2,1-2H3. The van der Waals surface area contributed by atoms with Gasteiger partial charge >= 0.3 is 0 Å². The van der Waals surface area contributed by atoms with Gasteiger partial charge in [-0.05, 0) is 45.6 Å². The van der Waals surface area contributed by atoms with Crippen LogP contribution < -0.4 is 0 Å². The Kier molecular flexibility index (Phi) is 3.97. The Hall–Kier alpha value is -0.860. The second kappa shape index (κ2) is 5.46. The molecule has 0 spiro atoms. The lowest BCUT2D eigenvalue weighted by atomic mass is 10.0. The van der Waals surface area contributed by atoms with Crippen LogP contribution in [0.5, 0.6) is 0 Å². The average molecular weight is 218 g/mol. The first kappa shape index (κ1) is 11.6. The van der Waals surface area contributed by atoms with E-state index in [4.69, 9.17) is 0 Å². The smallest absolute Gasteiger partial charge is 0.0233 e. The summed E-state index contributed by atoms with van der Waals surface area (Å²) in [6.45, 7) is 3.58. The summed E-state index contributed by atoms with van der Waals surface area (Å²) in [5.41, 5.74) is 1.44. The molecule has 1 heterocycles. The first-order chi connectivity index (χ1) is 7.75. The number of piperidine rings is 1. The minimum atomic E-state index is 0.784. The van der Waals surface area contributed by atoms with Crippen LogP contribution in [-0.4, -0.2) is 43.0 Å². The van der Waals surface area contributed by atoms with Crippen LogP contribution in [-0.2, 0) is 6.54 Å². The molecular weight excluding hydrogens is 196 g/mol. The Morgan fingerprint density at radius 1 is 1.12 bits per heavy atom. The monoisotopic (exact) mass is 218 g/mol. The van der Waals surface area contributed by atoms with E-state index in [0.29, 0.717) is 0 Å². The molecule has 2 nitrogen and oxygen atoms in total. The summed E-state index contributed by atoms with van der Waals surface area (Å²) in [5, 5.41) is 0. The lowest BCUT2D eigenvalue weighted by Gasteiger charge is -2.35. The van der Waals surface area contributed by atoms with Gasteiger partial charge in [-0.2, -0.15) is 0 Å². The number of hydrogen-bond donors (Lipinski definition) is 0. The van der Waals surface area contributed by atoms with Crippen LogP contribution in [0.3, 0.4) is 0 Å². The molecule has 0 N–H and O–H groups in total. The first-order valence-electron chi connectivity index (χ1n) is 6.18. The fraction of sp³-hybridized carbons (Fsp3) is 0.571. The maximum absolute atomic E-state index is 2.56. The van der Waals surface area contributed by atoms with Crippen molar-refractivity contribution in [1.82, 2.24) is 9.80 Å². The molecule has 88 valence electrons. The topological polar surface area (TPSA) is 6.48 Å². The van der Waals surface area contributed by atoms with E-state index in [0.717, 1.165) is 12.6 Å². The molecule has 16 heavy (non-hydrogen) atoms. The highest BCUT2D eigenvalue weighted by atomic mass is 15.2. The van der Waals surface area contributed by atoms with Gasteiger partial charge in [0.15, 0.2) is 0 Å². The molecule has 0 saturated carbocycles. The number of rotatable bonds is 3. The van der Waals surface area contributed by atoms with Crippen molar-refractivity contribution < 1.29 is 0 Å². The van der Waals surface area contributed by atoms with Crippen LogP contribution in [0.1, 0.15) is 18.4 Å². The second-order valence-corrected chi connectivity index (χ2v) is 4.96. The Morgan fingerprint density at radius 2 is 1.75 bits per heavy atom. The summed E-state index contributed by atoms with van der Waals surface area (Å²) in [6, 6.07) is 11.6. The fourth-order valence-electron chi connectivity index (χ4n) is 2.44. The maximum Gasteiger partial charge on any atom is 0.0233 e. The quantitative estimate of drug-likeness (QED) is 0.767. The molecule has 0 atom stereocenters. The van der Waals surface area contributed by atoms with Gasteiger partial charge in [0.25, 0.3) is 0 Å². The molecule has 0 aromatic heterocycles. The lowest BCUT2D eigenvalue weighted by molar-refractivity contribution is 0.140. The molecule has 1 saturated heterocycles. The number of benzene rings is 1. The second-order valence-electron chi connectivity index (χ2n) is 4.96. The predicted molar refractivity (Wildman–Crippen MR) is 68.4 cm³/mol. The van der Waals surface area contributed by atoms with E-state index >= 15 is 0 Å². The molecule has 2 heteroatoms. The van der Waals surface area contributed by atoms with Gasteiger partial charge in [-0.15, -0.1) is 0 Å². The zero-order chi connectivity index (χ0) is 11.4. The SMILES string of the molecule is CN(C)C1CCN(Cc2ccccc2)CC1. The van der Waals surface area contributed by atoms with Crippen molar-refractivity contribution in [2.45, 2.75) is 25.4 Å². The fourth-order valence-corrected chi connectivity index (χ4v) is 2.44. The van der Waals surface area contributed by atoms with Crippen molar-refractivity contribution in [3.8, 4) is 0 Å². The Morgan fingerprint density at radius 3 is 2.31 bits per heavy atom. The van der Waals surface area contributed by atoms with Crippen molar-refractivity contribution in [2.75, 3.05) is 27.2 Å². The van der Waals surface area contributed by atoms with Gasteiger partial charge in [0.1, 0.15) is 0 Å². The van der Waals surface area contributed by atoms with E-state index < -0.39 is 0 Å². The van der Waals surface area contributed by atoms with Gasteiger partial charge in [-0.1, -0.05) is 30.3 Å². The first-order valence-corrected chi connectivity index (χ1v) is 6.18. The third kappa shape index (κ3) is 3.06. The minimum Gasteiger partial charge on any atom is -0.306 e. The highest BCUT2D eigenvalue weighted by molar-refractivity contribution is 5.14. The summed E-state index contributed by atoms with van der Waals surface area (Å²) in [5.74, 6) is 0. The predicted octanol–water partition coefficient (Wildman–Crippen LogP) is 2.21. The normalized spacial score (nSPS) is 19.2. The van der Waals surface area contributed by atoms with Gasteiger partial charge in [0.2, 0.25) is 0 Å². The maximum atomic E-state index is 2.56. The summed E-state index contributed by atoms with van der Waals surface area (Å²) < 4.78 is 0. The van der Waals surface area contributed by atoms with Crippen LogP contribution >= 0.6 is 0 Å².